The molecule has 0 atom stereocenters. The Kier molecular flexibility index (Phi) is 7.57. The normalized spacial score (nSPS) is 10.7. The number of nitrogens with one attached hydrogen (secondary N) is 2. The van der Waals surface area contributed by atoms with Gasteiger partial charge in [-0.1, -0.05) is 37.6 Å². The van der Waals surface area contributed by atoms with Crippen molar-refractivity contribution in [2.24, 2.45) is 5.92 Å². The zero-order valence-corrected chi connectivity index (χ0v) is 16.0. The Balaban J connectivity index is 1.85. The zero-order chi connectivity index (χ0) is 19.8. The van der Waals surface area contributed by atoms with E-state index < -0.39 is 4.92 Å². The number of ether oxygens (including phenoxy) is 1. The molecule has 0 unspecified atom stereocenters. The Morgan fingerprint density at radius 1 is 1.19 bits per heavy atom. The van der Waals surface area contributed by atoms with E-state index in [2.05, 4.69) is 10.6 Å². The van der Waals surface area contributed by atoms with Gasteiger partial charge < -0.3 is 15.4 Å². The highest BCUT2D eigenvalue weighted by Gasteiger charge is 2.16. The van der Waals surface area contributed by atoms with Crippen LogP contribution in [0.1, 0.15) is 19.4 Å². The molecule has 2 aromatic rings. The summed E-state index contributed by atoms with van der Waals surface area (Å²) in [5.41, 5.74) is 0.847. The van der Waals surface area contributed by atoms with Gasteiger partial charge in [0, 0.05) is 36.6 Å². The largest absolute Gasteiger partial charge is 0.450 e. The molecule has 0 aromatic heterocycles. The maximum Gasteiger partial charge on any atom is 0.313 e. The molecule has 2 N–H and O–H groups in total. The van der Waals surface area contributed by atoms with E-state index in [0.717, 1.165) is 5.56 Å². The van der Waals surface area contributed by atoms with E-state index in [4.69, 9.17) is 16.3 Å². The van der Waals surface area contributed by atoms with Crippen molar-refractivity contribution in [2.75, 3.05) is 13.1 Å². The Morgan fingerprint density at radius 2 is 1.89 bits per heavy atom. The maximum absolute atomic E-state index is 11.4. The van der Waals surface area contributed by atoms with Gasteiger partial charge >= 0.3 is 5.69 Å². The van der Waals surface area contributed by atoms with Crippen LogP contribution in [0.2, 0.25) is 5.02 Å². The van der Waals surface area contributed by atoms with Crippen molar-refractivity contribution < 1.29 is 14.5 Å². The number of halogens is 1. The SMILES string of the molecule is CC(C)C(=O)NCCNCc1ccc(Oc2ccc(Cl)cc2[N+](=O)[O-])cc1. The molecule has 0 radical (unpaired) electrons. The second kappa shape index (κ2) is 9.89. The second-order valence-corrected chi connectivity index (χ2v) is 6.67. The molecule has 7 nitrogen and oxygen atoms in total. The summed E-state index contributed by atoms with van der Waals surface area (Å²) in [6.45, 7) is 5.57. The molecule has 0 aliphatic rings. The Bertz CT molecular complexity index is 794. The van der Waals surface area contributed by atoms with E-state index in [9.17, 15) is 14.9 Å². The molecule has 8 heteroatoms. The predicted octanol–water partition coefficient (Wildman–Crippen LogP) is 3.90. The summed E-state index contributed by atoms with van der Waals surface area (Å²) in [6, 6.07) is 11.5. The predicted molar refractivity (Wildman–Crippen MR) is 104 cm³/mol. The summed E-state index contributed by atoms with van der Waals surface area (Å²) in [5, 5.41) is 17.5. The topological polar surface area (TPSA) is 93.5 Å². The van der Waals surface area contributed by atoms with E-state index in [1.807, 2.05) is 26.0 Å². The first-order chi connectivity index (χ1) is 12.9. The number of rotatable bonds is 9. The van der Waals surface area contributed by atoms with Gasteiger partial charge in [-0.3, -0.25) is 14.9 Å². The average molecular weight is 392 g/mol. The number of hydrogen-bond acceptors (Lipinski definition) is 5. The minimum absolute atomic E-state index is 0.0194. The van der Waals surface area contributed by atoms with Crippen molar-refractivity contribution in [1.82, 2.24) is 10.6 Å². The van der Waals surface area contributed by atoms with Gasteiger partial charge in [-0.25, -0.2) is 0 Å². The highest BCUT2D eigenvalue weighted by molar-refractivity contribution is 6.30. The summed E-state index contributed by atoms with van der Waals surface area (Å²) in [4.78, 5) is 22.0. The molecule has 0 saturated heterocycles. The van der Waals surface area contributed by atoms with Crippen LogP contribution in [0, 0.1) is 16.0 Å². The van der Waals surface area contributed by atoms with Crippen LogP contribution in [0.5, 0.6) is 11.5 Å². The lowest BCUT2D eigenvalue weighted by Crippen LogP contribution is -2.34. The fourth-order valence-electron chi connectivity index (χ4n) is 2.23. The van der Waals surface area contributed by atoms with Crippen LogP contribution in [-0.2, 0) is 11.3 Å². The maximum atomic E-state index is 11.4. The van der Waals surface area contributed by atoms with Crippen LogP contribution in [0.4, 0.5) is 5.69 Å². The minimum Gasteiger partial charge on any atom is -0.450 e. The van der Waals surface area contributed by atoms with Crippen molar-refractivity contribution >= 4 is 23.2 Å². The van der Waals surface area contributed by atoms with Crippen molar-refractivity contribution in [1.29, 1.82) is 0 Å². The summed E-state index contributed by atoms with van der Waals surface area (Å²) in [6.07, 6.45) is 0. The number of hydrogen-bond donors (Lipinski definition) is 2. The molecule has 144 valence electrons. The number of nitro benzene ring substituents is 1. The summed E-state index contributed by atoms with van der Waals surface area (Å²) < 4.78 is 5.60. The standard InChI is InChI=1S/C19H22ClN3O4/c1-13(2)19(24)22-10-9-21-12-14-3-6-16(7-4-14)27-18-8-5-15(20)11-17(18)23(25)26/h3-8,11,13,21H,9-10,12H2,1-2H3,(H,22,24). The van der Waals surface area contributed by atoms with Crippen LogP contribution >= 0.6 is 11.6 Å². The molecular weight excluding hydrogens is 370 g/mol. The number of carbonyl (C=O) groups excluding carboxylic acids is 1. The highest BCUT2D eigenvalue weighted by atomic mass is 35.5. The van der Waals surface area contributed by atoms with Crippen LogP contribution in [0.3, 0.4) is 0 Å². The van der Waals surface area contributed by atoms with E-state index in [-0.39, 0.29) is 28.3 Å². The lowest BCUT2D eigenvalue weighted by atomic mass is 10.2. The number of amides is 1. The second-order valence-electron chi connectivity index (χ2n) is 6.24. The Morgan fingerprint density at radius 3 is 2.52 bits per heavy atom. The summed E-state index contributed by atoms with van der Waals surface area (Å²) in [5.74, 6) is 0.646. The molecular formula is C19H22ClN3O4. The van der Waals surface area contributed by atoms with Crippen molar-refractivity contribution in [3.8, 4) is 11.5 Å². The minimum atomic E-state index is -0.530. The molecule has 2 rings (SSSR count). The molecule has 0 saturated carbocycles. The number of benzene rings is 2. The zero-order valence-electron chi connectivity index (χ0n) is 15.2. The molecule has 1 amide bonds. The van der Waals surface area contributed by atoms with Gasteiger partial charge in [-0.05, 0) is 29.8 Å². The molecule has 2 aromatic carbocycles. The first kappa shape index (κ1) is 20.7. The molecule has 0 aliphatic heterocycles. The summed E-state index contributed by atoms with van der Waals surface area (Å²) in [7, 11) is 0. The van der Waals surface area contributed by atoms with Crippen molar-refractivity contribution in [2.45, 2.75) is 20.4 Å². The van der Waals surface area contributed by atoms with Gasteiger partial charge in [-0.2, -0.15) is 0 Å². The van der Waals surface area contributed by atoms with E-state index in [1.165, 1.54) is 12.1 Å². The quantitative estimate of drug-likeness (QED) is 0.384. The van der Waals surface area contributed by atoms with E-state index in [0.29, 0.717) is 25.4 Å². The van der Waals surface area contributed by atoms with E-state index >= 15 is 0 Å². The van der Waals surface area contributed by atoms with Crippen LogP contribution in [0.25, 0.3) is 0 Å². The lowest BCUT2D eigenvalue weighted by Gasteiger charge is -2.10. The number of nitrogens with zero attached hydrogens (tertiary/aromatic N) is 1. The molecule has 27 heavy (non-hydrogen) atoms. The van der Waals surface area contributed by atoms with Gasteiger partial charge in [0.15, 0.2) is 0 Å². The average Bonchev–Trinajstić information content (AvgIpc) is 2.63. The van der Waals surface area contributed by atoms with Crippen LogP contribution in [-0.4, -0.2) is 23.9 Å². The third kappa shape index (κ3) is 6.54. The van der Waals surface area contributed by atoms with Gasteiger partial charge in [-0.15, -0.1) is 0 Å². The van der Waals surface area contributed by atoms with Crippen molar-refractivity contribution in [3.63, 3.8) is 0 Å². The molecule has 0 aliphatic carbocycles. The third-order valence-corrected chi connectivity index (χ3v) is 3.96. The first-order valence-electron chi connectivity index (χ1n) is 8.56. The fraction of sp³-hybridized carbons (Fsp3) is 0.316. The third-order valence-electron chi connectivity index (χ3n) is 3.72. The molecule has 0 spiro atoms. The summed E-state index contributed by atoms with van der Waals surface area (Å²) >= 11 is 5.80. The highest BCUT2D eigenvalue weighted by Crippen LogP contribution is 2.33. The van der Waals surface area contributed by atoms with E-state index in [1.54, 1.807) is 18.2 Å². The lowest BCUT2D eigenvalue weighted by molar-refractivity contribution is -0.385. The van der Waals surface area contributed by atoms with Crippen LogP contribution < -0.4 is 15.4 Å². The fourth-order valence-corrected chi connectivity index (χ4v) is 2.40. The van der Waals surface area contributed by atoms with Gasteiger partial charge in [0.2, 0.25) is 11.7 Å². The number of carbonyl (C=O) groups is 1. The number of nitro groups is 1. The van der Waals surface area contributed by atoms with Crippen molar-refractivity contribution in [3.05, 3.63) is 63.2 Å². The monoisotopic (exact) mass is 391 g/mol. The molecule has 0 heterocycles. The molecule has 0 fully saturated rings. The van der Waals surface area contributed by atoms with Gasteiger partial charge in [0.25, 0.3) is 0 Å². The van der Waals surface area contributed by atoms with Gasteiger partial charge in [0.1, 0.15) is 5.75 Å². The van der Waals surface area contributed by atoms with Crippen LogP contribution in [0.15, 0.2) is 42.5 Å². The smallest absolute Gasteiger partial charge is 0.313 e. The van der Waals surface area contributed by atoms with Gasteiger partial charge in [0.05, 0.1) is 4.92 Å². The first-order valence-corrected chi connectivity index (χ1v) is 8.94. The Labute approximate surface area is 162 Å². The Hall–Kier alpha value is -2.64. The molecule has 0 bridgehead atoms.